The van der Waals surface area contributed by atoms with E-state index >= 15 is 0 Å². The fourth-order valence-electron chi connectivity index (χ4n) is 2.63. The highest BCUT2D eigenvalue weighted by molar-refractivity contribution is 6.18. The minimum atomic E-state index is -0.493. The van der Waals surface area contributed by atoms with Gasteiger partial charge < -0.3 is 5.32 Å². The summed E-state index contributed by atoms with van der Waals surface area (Å²) in [5.74, 6) is 0.562. The van der Waals surface area contributed by atoms with Crippen molar-refractivity contribution in [3.8, 4) is 0 Å². The molecule has 0 saturated heterocycles. The molecule has 1 aromatic rings. The van der Waals surface area contributed by atoms with Gasteiger partial charge in [-0.3, -0.25) is 14.9 Å². The third-order valence-corrected chi connectivity index (χ3v) is 4.25. The molecule has 1 fully saturated rings. The van der Waals surface area contributed by atoms with E-state index in [0.717, 1.165) is 24.8 Å². The Morgan fingerprint density at radius 3 is 2.90 bits per heavy atom. The van der Waals surface area contributed by atoms with Crippen LogP contribution in [0.3, 0.4) is 0 Å². The first kappa shape index (κ1) is 14.8. The van der Waals surface area contributed by atoms with Gasteiger partial charge in [-0.2, -0.15) is 0 Å². The van der Waals surface area contributed by atoms with Gasteiger partial charge in [0, 0.05) is 29.6 Å². The van der Waals surface area contributed by atoms with Crippen molar-refractivity contribution in [3.63, 3.8) is 0 Å². The molecule has 0 radical (unpaired) electrons. The lowest BCUT2D eigenvalue weighted by Crippen LogP contribution is -2.38. The Bertz CT molecular complexity index is 533. The maximum absolute atomic E-state index is 12.3. The minimum absolute atomic E-state index is 0.0682. The number of benzene rings is 1. The molecule has 5 nitrogen and oxygen atoms in total. The Kier molecular flexibility index (Phi) is 4.60. The first-order chi connectivity index (χ1) is 9.52. The molecule has 2 atom stereocenters. The van der Waals surface area contributed by atoms with Crippen LogP contribution in [0, 0.1) is 23.0 Å². The second kappa shape index (κ2) is 6.22. The number of hydrogen-bond donors (Lipinski definition) is 1. The lowest BCUT2D eigenvalue weighted by atomic mass is 10.0. The number of nitrogens with zero attached hydrogens (tertiary/aromatic N) is 1. The number of carbonyl (C=O) groups is 1. The Labute approximate surface area is 122 Å². The fraction of sp³-hybridized carbons (Fsp3) is 0.500. The summed E-state index contributed by atoms with van der Waals surface area (Å²) in [6.07, 6.45) is 2.98. The van der Waals surface area contributed by atoms with Gasteiger partial charge in [-0.1, -0.05) is 12.5 Å². The normalized spacial score (nSPS) is 21.7. The maximum Gasteiger partial charge on any atom is 0.270 e. The predicted molar refractivity (Wildman–Crippen MR) is 77.1 cm³/mol. The molecule has 6 heteroatoms. The number of aryl methyl sites for hydroxylation is 1. The van der Waals surface area contributed by atoms with Crippen molar-refractivity contribution in [1.29, 1.82) is 0 Å². The summed E-state index contributed by atoms with van der Waals surface area (Å²) >= 11 is 5.89. The van der Waals surface area contributed by atoms with Crippen LogP contribution in [0.15, 0.2) is 18.2 Å². The molecule has 0 heterocycles. The van der Waals surface area contributed by atoms with Crippen LogP contribution in [-0.2, 0) is 0 Å². The third-order valence-electron chi connectivity index (χ3n) is 3.85. The SMILES string of the molecule is Cc1ccc([N+](=O)[O-])cc1C(=O)NC1CCCC1CCl. The molecule has 2 rings (SSSR count). The summed E-state index contributed by atoms with van der Waals surface area (Å²) in [5.41, 5.74) is 1.02. The number of hydrogen-bond acceptors (Lipinski definition) is 3. The second-order valence-electron chi connectivity index (χ2n) is 5.18. The zero-order valence-corrected chi connectivity index (χ0v) is 12.0. The molecule has 1 aromatic carbocycles. The fourth-order valence-corrected chi connectivity index (χ4v) is 3.00. The second-order valence-corrected chi connectivity index (χ2v) is 5.49. The first-order valence-corrected chi connectivity index (χ1v) is 7.18. The molecule has 0 aliphatic heterocycles. The molecule has 0 spiro atoms. The zero-order valence-electron chi connectivity index (χ0n) is 11.3. The quantitative estimate of drug-likeness (QED) is 0.527. The van der Waals surface area contributed by atoms with E-state index in [2.05, 4.69) is 5.32 Å². The maximum atomic E-state index is 12.3. The van der Waals surface area contributed by atoms with Crippen LogP contribution < -0.4 is 5.32 Å². The summed E-state index contributed by atoms with van der Waals surface area (Å²) in [6, 6.07) is 4.40. The highest BCUT2D eigenvalue weighted by Gasteiger charge is 2.28. The van der Waals surface area contributed by atoms with Gasteiger partial charge >= 0.3 is 0 Å². The van der Waals surface area contributed by atoms with Crippen molar-refractivity contribution < 1.29 is 9.72 Å². The van der Waals surface area contributed by atoms with E-state index in [9.17, 15) is 14.9 Å². The third kappa shape index (κ3) is 3.10. The topological polar surface area (TPSA) is 72.2 Å². The van der Waals surface area contributed by atoms with Crippen molar-refractivity contribution in [1.82, 2.24) is 5.32 Å². The van der Waals surface area contributed by atoms with Gasteiger partial charge in [-0.05, 0) is 31.2 Å². The van der Waals surface area contributed by atoms with Crippen LogP contribution in [0.5, 0.6) is 0 Å². The molecular weight excluding hydrogens is 280 g/mol. The van der Waals surface area contributed by atoms with Crippen molar-refractivity contribution >= 4 is 23.2 Å². The molecule has 1 aliphatic carbocycles. The van der Waals surface area contributed by atoms with Gasteiger partial charge in [0.05, 0.1) is 4.92 Å². The molecule has 2 unspecified atom stereocenters. The number of nitrogens with one attached hydrogen (secondary N) is 1. The molecule has 1 amide bonds. The predicted octanol–water partition coefficient (Wildman–Crippen LogP) is 3.04. The number of amides is 1. The number of halogens is 1. The summed E-state index contributed by atoms with van der Waals surface area (Å²) in [5, 5.41) is 13.7. The van der Waals surface area contributed by atoms with Crippen LogP contribution in [0.25, 0.3) is 0 Å². The summed E-state index contributed by atoms with van der Waals surface area (Å²) in [7, 11) is 0. The van der Waals surface area contributed by atoms with Crippen molar-refractivity contribution in [2.24, 2.45) is 5.92 Å². The molecule has 20 heavy (non-hydrogen) atoms. The van der Waals surface area contributed by atoms with Gasteiger partial charge in [0.1, 0.15) is 0 Å². The Morgan fingerprint density at radius 1 is 1.50 bits per heavy atom. The summed E-state index contributed by atoms with van der Waals surface area (Å²) < 4.78 is 0. The Hall–Kier alpha value is -1.62. The highest BCUT2D eigenvalue weighted by atomic mass is 35.5. The number of non-ortho nitro benzene ring substituents is 1. The van der Waals surface area contributed by atoms with E-state index in [1.807, 2.05) is 0 Å². The summed E-state index contributed by atoms with van der Waals surface area (Å²) in [6.45, 7) is 1.77. The Morgan fingerprint density at radius 2 is 2.25 bits per heavy atom. The van der Waals surface area contributed by atoms with E-state index in [1.54, 1.807) is 13.0 Å². The smallest absolute Gasteiger partial charge is 0.270 e. The molecule has 1 aliphatic rings. The van der Waals surface area contributed by atoms with Crippen molar-refractivity contribution in [2.45, 2.75) is 32.2 Å². The number of nitro benzene ring substituents is 1. The van der Waals surface area contributed by atoms with Crippen molar-refractivity contribution in [3.05, 3.63) is 39.4 Å². The minimum Gasteiger partial charge on any atom is -0.349 e. The van der Waals surface area contributed by atoms with Gasteiger partial charge in [-0.25, -0.2) is 0 Å². The molecule has 0 aromatic heterocycles. The molecule has 1 saturated carbocycles. The van der Waals surface area contributed by atoms with E-state index in [1.165, 1.54) is 12.1 Å². The zero-order chi connectivity index (χ0) is 14.7. The monoisotopic (exact) mass is 296 g/mol. The highest BCUT2D eigenvalue weighted by Crippen LogP contribution is 2.27. The van der Waals surface area contributed by atoms with Crippen LogP contribution in [-0.4, -0.2) is 22.8 Å². The van der Waals surface area contributed by atoms with E-state index in [0.29, 0.717) is 17.4 Å². The standard InChI is InChI=1S/C14H17ClN2O3/c1-9-5-6-11(17(19)20)7-12(9)14(18)16-13-4-2-3-10(13)8-15/h5-7,10,13H,2-4,8H2,1H3,(H,16,18). The number of alkyl halides is 1. The molecular formula is C14H17ClN2O3. The van der Waals surface area contributed by atoms with Crippen LogP contribution in [0.4, 0.5) is 5.69 Å². The van der Waals surface area contributed by atoms with Crippen molar-refractivity contribution in [2.75, 3.05) is 5.88 Å². The largest absolute Gasteiger partial charge is 0.349 e. The van der Waals surface area contributed by atoms with Gasteiger partial charge in [0.2, 0.25) is 0 Å². The lowest BCUT2D eigenvalue weighted by molar-refractivity contribution is -0.384. The van der Waals surface area contributed by atoms with Crippen LogP contribution >= 0.6 is 11.6 Å². The first-order valence-electron chi connectivity index (χ1n) is 6.64. The van der Waals surface area contributed by atoms with E-state index in [-0.39, 0.29) is 17.6 Å². The Balaban J connectivity index is 2.16. The van der Waals surface area contributed by atoms with E-state index in [4.69, 9.17) is 11.6 Å². The van der Waals surface area contributed by atoms with Crippen LogP contribution in [0.2, 0.25) is 0 Å². The van der Waals surface area contributed by atoms with Gasteiger partial charge in [-0.15, -0.1) is 11.6 Å². The molecule has 108 valence electrons. The van der Waals surface area contributed by atoms with E-state index < -0.39 is 4.92 Å². The van der Waals surface area contributed by atoms with Gasteiger partial charge in [0.25, 0.3) is 11.6 Å². The average molecular weight is 297 g/mol. The lowest BCUT2D eigenvalue weighted by Gasteiger charge is -2.19. The molecule has 0 bridgehead atoms. The van der Waals surface area contributed by atoms with Crippen LogP contribution in [0.1, 0.15) is 35.2 Å². The summed E-state index contributed by atoms with van der Waals surface area (Å²) in [4.78, 5) is 22.6. The number of carbonyl (C=O) groups excluding carboxylic acids is 1. The number of rotatable bonds is 4. The average Bonchev–Trinajstić information content (AvgIpc) is 2.86. The molecule has 1 N–H and O–H groups in total. The van der Waals surface area contributed by atoms with Gasteiger partial charge in [0.15, 0.2) is 0 Å². The number of nitro groups is 1.